The normalized spacial score (nSPS) is 13.4. The highest BCUT2D eigenvalue weighted by Gasteiger charge is 2.07. The zero-order valence-electron chi connectivity index (χ0n) is 10.9. The van der Waals surface area contributed by atoms with Crippen LogP contribution in [0.15, 0.2) is 0 Å². The molecule has 0 aliphatic rings. The lowest BCUT2D eigenvalue weighted by molar-refractivity contribution is 0.108. The summed E-state index contributed by atoms with van der Waals surface area (Å²) in [7, 11) is 2.18. The molecule has 0 saturated heterocycles. The van der Waals surface area contributed by atoms with Gasteiger partial charge in [0, 0.05) is 19.2 Å². The van der Waals surface area contributed by atoms with Gasteiger partial charge in [0.05, 0.1) is 6.61 Å². The number of rotatable bonds is 10. The second kappa shape index (κ2) is 10.4. The van der Waals surface area contributed by atoms with E-state index in [2.05, 4.69) is 31.1 Å². The van der Waals surface area contributed by atoms with Crippen molar-refractivity contribution in [1.82, 2.24) is 10.2 Å². The van der Waals surface area contributed by atoms with E-state index in [1.807, 2.05) is 6.92 Å². The van der Waals surface area contributed by atoms with Gasteiger partial charge in [-0.25, -0.2) is 0 Å². The molecule has 1 unspecified atom stereocenters. The monoisotopic (exact) mass is 216 g/mol. The maximum atomic E-state index is 5.34. The van der Waals surface area contributed by atoms with Gasteiger partial charge in [0.25, 0.3) is 0 Å². The third-order valence-corrected chi connectivity index (χ3v) is 2.77. The molecule has 0 heterocycles. The number of likely N-dealkylation sites (N-methyl/N-ethyl adjacent to an activating group) is 1. The molecule has 0 bridgehead atoms. The minimum atomic E-state index is 0.657. The molecule has 3 nitrogen and oxygen atoms in total. The van der Waals surface area contributed by atoms with Gasteiger partial charge in [-0.15, -0.1) is 0 Å². The maximum absolute atomic E-state index is 5.34. The van der Waals surface area contributed by atoms with Crippen molar-refractivity contribution >= 4 is 0 Å². The van der Waals surface area contributed by atoms with Crippen molar-refractivity contribution in [2.75, 3.05) is 39.9 Å². The Hall–Kier alpha value is -0.120. The second-order valence-electron chi connectivity index (χ2n) is 4.02. The van der Waals surface area contributed by atoms with E-state index in [1.54, 1.807) is 0 Å². The Morgan fingerprint density at radius 2 is 2.07 bits per heavy atom. The van der Waals surface area contributed by atoms with Crippen molar-refractivity contribution in [2.45, 2.75) is 39.7 Å². The molecule has 0 aliphatic carbocycles. The number of ether oxygens (including phenoxy) is 1. The first-order chi connectivity index (χ1) is 7.22. The van der Waals surface area contributed by atoms with E-state index < -0.39 is 0 Å². The highest BCUT2D eigenvalue weighted by atomic mass is 16.5. The molecule has 0 aromatic rings. The van der Waals surface area contributed by atoms with Crippen molar-refractivity contribution in [3.05, 3.63) is 0 Å². The van der Waals surface area contributed by atoms with Gasteiger partial charge in [-0.05, 0) is 46.8 Å². The van der Waals surface area contributed by atoms with Gasteiger partial charge in [-0.1, -0.05) is 6.92 Å². The van der Waals surface area contributed by atoms with E-state index in [1.165, 1.54) is 12.8 Å². The Morgan fingerprint density at radius 1 is 1.33 bits per heavy atom. The number of nitrogens with one attached hydrogen (secondary N) is 1. The fraction of sp³-hybridized carbons (Fsp3) is 1.00. The largest absolute Gasteiger partial charge is 0.380 e. The summed E-state index contributed by atoms with van der Waals surface area (Å²) in [6, 6.07) is 0.657. The summed E-state index contributed by atoms with van der Waals surface area (Å²) in [5, 5.41) is 3.35. The topological polar surface area (TPSA) is 24.5 Å². The highest BCUT2D eigenvalue weighted by Crippen LogP contribution is 2.03. The molecular weight excluding hydrogens is 188 g/mol. The summed E-state index contributed by atoms with van der Waals surface area (Å²) in [6.45, 7) is 11.4. The van der Waals surface area contributed by atoms with Crippen molar-refractivity contribution < 1.29 is 4.74 Å². The molecule has 0 fully saturated rings. The zero-order chi connectivity index (χ0) is 11.5. The lowest BCUT2D eigenvalue weighted by Gasteiger charge is -2.24. The first-order valence-electron chi connectivity index (χ1n) is 6.21. The summed E-state index contributed by atoms with van der Waals surface area (Å²) in [6.07, 6.45) is 2.52. The average molecular weight is 216 g/mol. The lowest BCUT2D eigenvalue weighted by atomic mass is 10.1. The third kappa shape index (κ3) is 8.85. The summed E-state index contributed by atoms with van der Waals surface area (Å²) >= 11 is 0. The van der Waals surface area contributed by atoms with E-state index in [0.717, 1.165) is 32.8 Å². The molecule has 0 rings (SSSR count). The molecule has 0 radical (unpaired) electrons. The predicted molar refractivity (Wildman–Crippen MR) is 66.4 cm³/mol. The zero-order valence-corrected chi connectivity index (χ0v) is 10.9. The lowest BCUT2D eigenvalue weighted by Crippen LogP contribution is -2.32. The molecule has 92 valence electrons. The van der Waals surface area contributed by atoms with Crippen molar-refractivity contribution in [2.24, 2.45) is 0 Å². The van der Waals surface area contributed by atoms with Crippen molar-refractivity contribution in [1.29, 1.82) is 0 Å². The summed E-state index contributed by atoms with van der Waals surface area (Å²) < 4.78 is 5.34. The first kappa shape index (κ1) is 14.9. The van der Waals surface area contributed by atoms with Gasteiger partial charge >= 0.3 is 0 Å². The van der Waals surface area contributed by atoms with Crippen LogP contribution >= 0.6 is 0 Å². The van der Waals surface area contributed by atoms with Gasteiger partial charge in [-0.3, -0.25) is 0 Å². The molecule has 1 N–H and O–H groups in total. The molecule has 0 saturated carbocycles. The van der Waals surface area contributed by atoms with Crippen LogP contribution < -0.4 is 5.32 Å². The van der Waals surface area contributed by atoms with Crippen LogP contribution in [0.25, 0.3) is 0 Å². The second-order valence-corrected chi connectivity index (χ2v) is 4.02. The highest BCUT2D eigenvalue weighted by molar-refractivity contribution is 4.63. The van der Waals surface area contributed by atoms with Crippen LogP contribution in [0.3, 0.4) is 0 Å². The summed E-state index contributed by atoms with van der Waals surface area (Å²) in [5.74, 6) is 0. The van der Waals surface area contributed by atoms with Crippen LogP contribution in [-0.2, 0) is 4.74 Å². The Labute approximate surface area is 95.2 Å². The third-order valence-electron chi connectivity index (χ3n) is 2.77. The Morgan fingerprint density at radius 3 is 2.67 bits per heavy atom. The molecule has 0 aliphatic heterocycles. The van der Waals surface area contributed by atoms with Crippen LogP contribution in [0, 0.1) is 0 Å². The van der Waals surface area contributed by atoms with Crippen LogP contribution in [0.5, 0.6) is 0 Å². The predicted octanol–water partition coefficient (Wildman–Crippen LogP) is 1.73. The van der Waals surface area contributed by atoms with E-state index in [0.29, 0.717) is 6.04 Å². The van der Waals surface area contributed by atoms with Gasteiger partial charge in [-0.2, -0.15) is 0 Å². The molecule has 15 heavy (non-hydrogen) atoms. The van der Waals surface area contributed by atoms with Crippen LogP contribution in [-0.4, -0.2) is 50.8 Å². The first-order valence-corrected chi connectivity index (χ1v) is 6.21. The summed E-state index contributed by atoms with van der Waals surface area (Å²) in [5.41, 5.74) is 0. The molecule has 3 heteroatoms. The SMILES string of the molecule is CCNCCCC(C)N(C)CCOCC. The van der Waals surface area contributed by atoms with Crippen molar-refractivity contribution in [3.63, 3.8) is 0 Å². The fourth-order valence-electron chi connectivity index (χ4n) is 1.49. The van der Waals surface area contributed by atoms with Crippen LogP contribution in [0.1, 0.15) is 33.6 Å². The standard InChI is InChI=1S/C12H28N2O/c1-5-13-9-7-8-12(3)14(4)10-11-15-6-2/h12-13H,5-11H2,1-4H3. The molecule has 1 atom stereocenters. The van der Waals surface area contributed by atoms with Crippen LogP contribution in [0.2, 0.25) is 0 Å². The molecule has 0 spiro atoms. The molecule has 0 aromatic carbocycles. The Bertz CT molecular complexity index is 131. The van der Waals surface area contributed by atoms with Gasteiger partial charge in [0.1, 0.15) is 0 Å². The van der Waals surface area contributed by atoms with E-state index in [9.17, 15) is 0 Å². The number of hydrogen-bond donors (Lipinski definition) is 1. The Balaban J connectivity index is 3.38. The molecule has 0 aromatic heterocycles. The van der Waals surface area contributed by atoms with Crippen LogP contribution in [0.4, 0.5) is 0 Å². The number of hydrogen-bond acceptors (Lipinski definition) is 3. The minimum Gasteiger partial charge on any atom is -0.380 e. The smallest absolute Gasteiger partial charge is 0.0593 e. The van der Waals surface area contributed by atoms with Crippen molar-refractivity contribution in [3.8, 4) is 0 Å². The van der Waals surface area contributed by atoms with E-state index in [4.69, 9.17) is 4.74 Å². The fourth-order valence-corrected chi connectivity index (χ4v) is 1.49. The minimum absolute atomic E-state index is 0.657. The average Bonchev–Trinajstić information content (AvgIpc) is 2.24. The maximum Gasteiger partial charge on any atom is 0.0593 e. The molecule has 0 amide bonds. The molecular formula is C12H28N2O. The van der Waals surface area contributed by atoms with Gasteiger partial charge in [0.15, 0.2) is 0 Å². The van der Waals surface area contributed by atoms with E-state index in [-0.39, 0.29) is 0 Å². The van der Waals surface area contributed by atoms with Gasteiger partial charge < -0.3 is 15.0 Å². The quantitative estimate of drug-likeness (QED) is 0.563. The van der Waals surface area contributed by atoms with E-state index >= 15 is 0 Å². The summed E-state index contributed by atoms with van der Waals surface area (Å²) in [4.78, 5) is 2.38. The number of nitrogens with zero attached hydrogens (tertiary/aromatic N) is 1. The Kier molecular flexibility index (Phi) is 10.3. The van der Waals surface area contributed by atoms with Gasteiger partial charge in [0.2, 0.25) is 0 Å².